The number of nitrogens with zero attached hydrogens (tertiary/aromatic N) is 1. The molecule has 0 unspecified atom stereocenters. The molecule has 4 nitrogen and oxygen atoms in total. The molecular weight excluding hydrogens is 334 g/mol. The van der Waals surface area contributed by atoms with Gasteiger partial charge < -0.3 is 5.32 Å². The van der Waals surface area contributed by atoms with Gasteiger partial charge in [0.25, 0.3) is 5.91 Å². The zero-order valence-electron chi connectivity index (χ0n) is 14.1. The van der Waals surface area contributed by atoms with Crippen LogP contribution in [-0.4, -0.2) is 22.6 Å². The number of halogens is 1. The van der Waals surface area contributed by atoms with Gasteiger partial charge in [0.15, 0.2) is 0 Å². The van der Waals surface area contributed by atoms with E-state index in [1.54, 1.807) is 6.20 Å². The van der Waals surface area contributed by atoms with Gasteiger partial charge in [-0.2, -0.15) is 5.10 Å². The lowest BCUT2D eigenvalue weighted by Crippen LogP contribution is -2.25. The van der Waals surface area contributed by atoms with Gasteiger partial charge >= 0.3 is 0 Å². The van der Waals surface area contributed by atoms with Crippen LogP contribution in [0.5, 0.6) is 0 Å². The smallest absolute Gasteiger partial charge is 0.255 e. The maximum absolute atomic E-state index is 12.5. The van der Waals surface area contributed by atoms with E-state index < -0.39 is 0 Å². The minimum absolute atomic E-state index is 0.128. The van der Waals surface area contributed by atoms with Crippen LogP contribution in [0.4, 0.5) is 0 Å². The van der Waals surface area contributed by atoms with E-state index in [1.165, 1.54) is 5.56 Å². The summed E-state index contributed by atoms with van der Waals surface area (Å²) in [5.41, 5.74) is 4.65. The van der Waals surface area contributed by atoms with Crippen molar-refractivity contribution in [1.82, 2.24) is 15.5 Å². The highest BCUT2D eigenvalue weighted by Gasteiger charge is 2.14. The third-order valence-electron chi connectivity index (χ3n) is 4.15. The number of nitrogens with one attached hydrogen (secondary N) is 2. The van der Waals surface area contributed by atoms with Crippen molar-refractivity contribution < 1.29 is 4.79 Å². The van der Waals surface area contributed by atoms with E-state index in [0.29, 0.717) is 17.1 Å². The van der Waals surface area contributed by atoms with Gasteiger partial charge in [0.2, 0.25) is 0 Å². The predicted octanol–water partition coefficient (Wildman–Crippen LogP) is 4.27. The number of aryl methyl sites for hydroxylation is 1. The van der Waals surface area contributed by atoms with Crippen LogP contribution in [0, 0.1) is 0 Å². The van der Waals surface area contributed by atoms with Crippen molar-refractivity contribution in [1.29, 1.82) is 0 Å². The summed E-state index contributed by atoms with van der Waals surface area (Å²) in [6.07, 6.45) is 3.31. The van der Waals surface area contributed by atoms with Gasteiger partial charge in [0.05, 0.1) is 17.5 Å². The summed E-state index contributed by atoms with van der Waals surface area (Å²) in [5, 5.41) is 10.6. The highest BCUT2D eigenvalue weighted by molar-refractivity contribution is 6.30. The highest BCUT2D eigenvalue weighted by Crippen LogP contribution is 2.21. The Bertz CT molecular complexity index is 838. The molecular formula is C20H20ClN3O. The Morgan fingerprint density at radius 2 is 1.76 bits per heavy atom. The first-order valence-corrected chi connectivity index (χ1v) is 8.70. The fourth-order valence-corrected chi connectivity index (χ4v) is 2.78. The number of benzene rings is 2. The number of aromatic amines is 1. The van der Waals surface area contributed by atoms with E-state index in [1.807, 2.05) is 36.4 Å². The summed E-state index contributed by atoms with van der Waals surface area (Å²) >= 11 is 5.88. The van der Waals surface area contributed by atoms with E-state index >= 15 is 0 Å². The molecule has 0 spiro atoms. The maximum atomic E-state index is 12.5. The van der Waals surface area contributed by atoms with Gasteiger partial charge in [-0.1, -0.05) is 54.9 Å². The number of carbonyl (C=O) groups is 1. The van der Waals surface area contributed by atoms with Crippen molar-refractivity contribution in [3.8, 4) is 11.3 Å². The van der Waals surface area contributed by atoms with Gasteiger partial charge in [0, 0.05) is 17.1 Å². The number of rotatable bonds is 6. The maximum Gasteiger partial charge on any atom is 0.255 e. The average molecular weight is 354 g/mol. The summed E-state index contributed by atoms with van der Waals surface area (Å²) < 4.78 is 0. The van der Waals surface area contributed by atoms with Crippen molar-refractivity contribution in [3.63, 3.8) is 0 Å². The number of carbonyl (C=O) groups excluding carboxylic acids is 1. The van der Waals surface area contributed by atoms with Crippen LogP contribution in [0.1, 0.15) is 28.4 Å². The third-order valence-corrected chi connectivity index (χ3v) is 4.40. The molecule has 2 N–H and O–H groups in total. The van der Waals surface area contributed by atoms with Gasteiger partial charge in [-0.15, -0.1) is 0 Å². The molecule has 0 saturated heterocycles. The van der Waals surface area contributed by atoms with Gasteiger partial charge in [0.1, 0.15) is 0 Å². The molecule has 1 aromatic heterocycles. The van der Waals surface area contributed by atoms with Crippen LogP contribution >= 0.6 is 11.6 Å². The molecule has 2 aromatic carbocycles. The zero-order chi connectivity index (χ0) is 17.6. The second-order valence-electron chi connectivity index (χ2n) is 5.84. The van der Waals surface area contributed by atoms with Crippen molar-refractivity contribution in [2.24, 2.45) is 0 Å². The molecule has 0 aliphatic rings. The molecule has 3 aromatic rings. The molecule has 3 rings (SSSR count). The lowest BCUT2D eigenvalue weighted by Gasteiger charge is -2.07. The van der Waals surface area contributed by atoms with Crippen LogP contribution < -0.4 is 5.32 Å². The van der Waals surface area contributed by atoms with Crippen LogP contribution in [0.3, 0.4) is 0 Å². The van der Waals surface area contributed by atoms with E-state index in [0.717, 1.165) is 29.7 Å². The number of aromatic nitrogens is 2. The summed E-state index contributed by atoms with van der Waals surface area (Å²) in [7, 11) is 0. The van der Waals surface area contributed by atoms with Gasteiger partial charge in [-0.05, 0) is 36.1 Å². The first-order valence-electron chi connectivity index (χ1n) is 8.32. The Kier molecular flexibility index (Phi) is 5.51. The number of hydrogen-bond acceptors (Lipinski definition) is 2. The van der Waals surface area contributed by atoms with Crippen LogP contribution in [0.2, 0.25) is 5.02 Å². The van der Waals surface area contributed by atoms with E-state index in [9.17, 15) is 4.79 Å². The summed E-state index contributed by atoms with van der Waals surface area (Å²) in [6.45, 7) is 2.67. The standard InChI is InChI=1S/C20H20ClN3O/c1-2-14-3-7-16(8-4-14)19-18(13-23-24-19)20(25)22-12-11-15-5-9-17(21)10-6-15/h3-10,13H,2,11-12H2,1H3,(H,22,25)(H,23,24). The lowest BCUT2D eigenvalue weighted by molar-refractivity contribution is 0.0955. The number of H-pyrrole nitrogens is 1. The molecule has 0 aliphatic carbocycles. The normalized spacial score (nSPS) is 10.6. The number of amides is 1. The fraction of sp³-hybridized carbons (Fsp3) is 0.200. The molecule has 1 heterocycles. The zero-order valence-corrected chi connectivity index (χ0v) is 14.8. The molecule has 25 heavy (non-hydrogen) atoms. The molecule has 0 bridgehead atoms. The number of hydrogen-bond donors (Lipinski definition) is 2. The molecule has 0 aliphatic heterocycles. The van der Waals surface area contributed by atoms with Gasteiger partial charge in [-0.25, -0.2) is 0 Å². The minimum Gasteiger partial charge on any atom is -0.352 e. The summed E-state index contributed by atoms with van der Waals surface area (Å²) in [4.78, 5) is 12.5. The predicted molar refractivity (Wildman–Crippen MR) is 101 cm³/mol. The summed E-state index contributed by atoms with van der Waals surface area (Å²) in [5.74, 6) is -0.128. The van der Waals surface area contributed by atoms with Gasteiger partial charge in [-0.3, -0.25) is 9.89 Å². The van der Waals surface area contributed by atoms with Crippen molar-refractivity contribution in [3.05, 3.63) is 76.4 Å². The van der Waals surface area contributed by atoms with E-state index in [4.69, 9.17) is 11.6 Å². The Balaban J connectivity index is 1.64. The fourth-order valence-electron chi connectivity index (χ4n) is 2.65. The lowest BCUT2D eigenvalue weighted by atomic mass is 10.0. The first kappa shape index (κ1) is 17.2. The van der Waals surface area contributed by atoms with Crippen LogP contribution in [0.15, 0.2) is 54.7 Å². The Hall–Kier alpha value is -2.59. The van der Waals surface area contributed by atoms with Crippen LogP contribution in [-0.2, 0) is 12.8 Å². The molecule has 1 amide bonds. The molecule has 0 radical (unpaired) electrons. The highest BCUT2D eigenvalue weighted by atomic mass is 35.5. The molecule has 5 heteroatoms. The molecule has 0 saturated carbocycles. The first-order chi connectivity index (χ1) is 12.2. The SMILES string of the molecule is CCc1ccc(-c2[nH]ncc2C(=O)NCCc2ccc(Cl)cc2)cc1. The Labute approximate surface area is 152 Å². The Morgan fingerprint density at radius 1 is 1.08 bits per heavy atom. The topological polar surface area (TPSA) is 57.8 Å². The Morgan fingerprint density at radius 3 is 2.44 bits per heavy atom. The molecule has 0 atom stereocenters. The minimum atomic E-state index is -0.128. The average Bonchev–Trinajstić information content (AvgIpc) is 3.13. The van der Waals surface area contributed by atoms with Crippen molar-refractivity contribution >= 4 is 17.5 Å². The van der Waals surface area contributed by atoms with Crippen LogP contribution in [0.25, 0.3) is 11.3 Å². The van der Waals surface area contributed by atoms with Crippen molar-refractivity contribution in [2.75, 3.05) is 6.54 Å². The molecule has 0 fully saturated rings. The quantitative estimate of drug-likeness (QED) is 0.695. The van der Waals surface area contributed by atoms with E-state index in [2.05, 4.69) is 34.6 Å². The second kappa shape index (κ2) is 7.99. The largest absolute Gasteiger partial charge is 0.352 e. The monoisotopic (exact) mass is 353 g/mol. The summed E-state index contributed by atoms with van der Waals surface area (Å²) in [6, 6.07) is 15.8. The molecule has 128 valence electrons. The van der Waals surface area contributed by atoms with E-state index in [-0.39, 0.29) is 5.91 Å². The third kappa shape index (κ3) is 4.28. The van der Waals surface area contributed by atoms with Crippen molar-refractivity contribution in [2.45, 2.75) is 19.8 Å². The second-order valence-corrected chi connectivity index (χ2v) is 6.28.